The van der Waals surface area contributed by atoms with Gasteiger partial charge in [0.2, 0.25) is 0 Å². The molecule has 2 atom stereocenters. The van der Waals surface area contributed by atoms with Crippen molar-refractivity contribution in [1.29, 1.82) is 0 Å². The molecule has 1 aromatic carbocycles. The Balaban J connectivity index is 1.72. The lowest BCUT2D eigenvalue weighted by molar-refractivity contribution is 0.0994. The number of aliphatic hydroxyl groups is 1. The van der Waals surface area contributed by atoms with Crippen molar-refractivity contribution in [1.82, 2.24) is 9.55 Å². The summed E-state index contributed by atoms with van der Waals surface area (Å²) in [5.74, 6) is 0.122. The molecule has 0 saturated carbocycles. The topological polar surface area (TPSA) is 90.4 Å². The molecular weight excluding hydrogens is 478 g/mol. The van der Waals surface area contributed by atoms with Crippen LogP contribution in [-0.4, -0.2) is 26.7 Å². The molecule has 154 valence electrons. The van der Waals surface area contributed by atoms with Crippen LogP contribution in [0.5, 0.6) is 5.75 Å². The van der Waals surface area contributed by atoms with Gasteiger partial charge in [-0.3, -0.25) is 4.79 Å². The van der Waals surface area contributed by atoms with Crippen LogP contribution in [0, 0.1) is 0 Å². The van der Waals surface area contributed by atoms with Gasteiger partial charge in [0.1, 0.15) is 18.1 Å². The number of halogens is 2. The van der Waals surface area contributed by atoms with Crippen LogP contribution in [0.4, 0.5) is 0 Å². The molecule has 0 bridgehead atoms. The molecule has 3 N–H and O–H groups in total. The molecule has 0 unspecified atom stereocenters. The fourth-order valence-electron chi connectivity index (χ4n) is 3.04. The summed E-state index contributed by atoms with van der Waals surface area (Å²) in [6.07, 6.45) is 3.72. The van der Waals surface area contributed by atoms with E-state index in [0.717, 1.165) is 20.0 Å². The monoisotopic (exact) mass is 497 g/mol. The zero-order valence-electron chi connectivity index (χ0n) is 15.7. The zero-order valence-corrected chi connectivity index (χ0v) is 18.9. The smallest absolute Gasteiger partial charge is 0.268 e. The van der Waals surface area contributed by atoms with Gasteiger partial charge in [-0.15, -0.1) is 11.3 Å². The molecule has 0 radical (unpaired) electrons. The van der Waals surface area contributed by atoms with Crippen molar-refractivity contribution in [2.45, 2.75) is 38.5 Å². The van der Waals surface area contributed by atoms with Gasteiger partial charge in [0.15, 0.2) is 0 Å². The molecule has 0 aliphatic rings. The van der Waals surface area contributed by atoms with Crippen molar-refractivity contribution in [2.75, 3.05) is 0 Å². The average Bonchev–Trinajstić information content (AvgIpc) is 3.30. The molecule has 2 aromatic heterocycles. The van der Waals surface area contributed by atoms with Crippen LogP contribution < -0.4 is 10.5 Å². The number of aryl methyl sites for hydroxylation is 1. The number of carbonyl (C=O) groups is 1. The molecule has 1 amide bonds. The highest BCUT2D eigenvalue weighted by Gasteiger charge is 2.19. The summed E-state index contributed by atoms with van der Waals surface area (Å²) in [7, 11) is 0. The number of nitrogens with two attached hydrogens (primary N) is 1. The largest absolute Gasteiger partial charge is 0.488 e. The maximum absolute atomic E-state index is 11.3. The van der Waals surface area contributed by atoms with Crippen LogP contribution in [-0.2, 0) is 13.0 Å². The molecule has 0 fully saturated rings. The lowest BCUT2D eigenvalue weighted by Gasteiger charge is -2.22. The Labute approximate surface area is 186 Å². The molecule has 0 aliphatic heterocycles. The predicted molar refractivity (Wildman–Crippen MR) is 118 cm³/mol. The van der Waals surface area contributed by atoms with Crippen LogP contribution in [0.3, 0.4) is 0 Å². The van der Waals surface area contributed by atoms with Crippen LogP contribution in [0.1, 0.15) is 40.3 Å². The van der Waals surface area contributed by atoms with Gasteiger partial charge >= 0.3 is 0 Å². The number of thiophene rings is 1. The Morgan fingerprint density at radius 3 is 2.83 bits per heavy atom. The van der Waals surface area contributed by atoms with Gasteiger partial charge in [-0.1, -0.05) is 17.7 Å². The summed E-state index contributed by atoms with van der Waals surface area (Å²) in [5, 5.41) is 10.8. The van der Waals surface area contributed by atoms with Crippen LogP contribution >= 0.6 is 38.9 Å². The lowest BCUT2D eigenvalue weighted by Crippen LogP contribution is -2.21. The number of imidazole rings is 1. The van der Waals surface area contributed by atoms with E-state index in [9.17, 15) is 9.90 Å². The zero-order chi connectivity index (χ0) is 21.0. The number of aromatic nitrogens is 2. The van der Waals surface area contributed by atoms with Crippen molar-refractivity contribution >= 4 is 44.8 Å². The third-order valence-electron chi connectivity index (χ3n) is 4.53. The molecule has 3 aromatic rings. The van der Waals surface area contributed by atoms with Gasteiger partial charge in [-0.2, -0.15) is 0 Å². The van der Waals surface area contributed by atoms with Crippen molar-refractivity contribution < 1.29 is 14.6 Å². The Bertz CT molecular complexity index is 989. The Hall–Kier alpha value is -1.87. The fraction of sp³-hybridized carbons (Fsp3) is 0.300. The maximum atomic E-state index is 11.3. The summed E-state index contributed by atoms with van der Waals surface area (Å²) < 4.78 is 8.79. The molecule has 0 spiro atoms. The molecular formula is C20H21BrClN3O3S. The molecule has 2 heterocycles. The van der Waals surface area contributed by atoms with Crippen LogP contribution in [0.25, 0.3) is 0 Å². The first-order valence-corrected chi connectivity index (χ1v) is 11.0. The maximum Gasteiger partial charge on any atom is 0.268 e. The second-order valence-electron chi connectivity index (χ2n) is 6.66. The number of carbonyl (C=O) groups excluding carboxylic acids is 1. The van der Waals surface area contributed by atoms with E-state index in [1.54, 1.807) is 35.1 Å². The summed E-state index contributed by atoms with van der Waals surface area (Å²) in [5.41, 5.74) is 6.44. The highest BCUT2D eigenvalue weighted by molar-refractivity contribution is 9.11. The predicted octanol–water partition coefficient (Wildman–Crippen LogP) is 4.59. The molecule has 3 rings (SSSR count). The van der Waals surface area contributed by atoms with Crippen molar-refractivity contribution in [2.24, 2.45) is 5.73 Å². The number of ether oxygens (including phenoxy) is 1. The normalized spacial score (nSPS) is 13.2. The number of primary amides is 1. The summed E-state index contributed by atoms with van der Waals surface area (Å²) in [6.45, 7) is 2.16. The third-order valence-corrected chi connectivity index (χ3v) is 6.36. The van der Waals surface area contributed by atoms with E-state index in [0.29, 0.717) is 24.5 Å². The molecule has 29 heavy (non-hydrogen) atoms. The second-order valence-corrected chi connectivity index (χ2v) is 9.65. The minimum atomic E-state index is -0.634. The number of hydrogen-bond donors (Lipinski definition) is 2. The number of rotatable bonds is 9. The summed E-state index contributed by atoms with van der Waals surface area (Å²) >= 11 is 11.2. The molecule has 9 heteroatoms. The highest BCUT2D eigenvalue weighted by Crippen LogP contribution is 2.30. The van der Waals surface area contributed by atoms with Crippen molar-refractivity contribution in [3.63, 3.8) is 0 Å². The second kappa shape index (κ2) is 9.75. The first-order chi connectivity index (χ1) is 13.8. The number of hydrogen-bond acceptors (Lipinski definition) is 5. The number of nitrogens with zero attached hydrogens (tertiary/aromatic N) is 2. The Morgan fingerprint density at radius 1 is 1.41 bits per heavy atom. The van der Waals surface area contributed by atoms with Gasteiger partial charge in [0, 0.05) is 16.1 Å². The molecule has 0 aliphatic carbocycles. The van der Waals surface area contributed by atoms with E-state index in [4.69, 9.17) is 22.1 Å². The van der Waals surface area contributed by atoms with E-state index >= 15 is 0 Å². The van der Waals surface area contributed by atoms with E-state index in [2.05, 4.69) is 20.9 Å². The van der Waals surface area contributed by atoms with E-state index in [1.807, 2.05) is 24.3 Å². The van der Waals surface area contributed by atoms with Crippen molar-refractivity contribution in [3.05, 3.63) is 67.8 Å². The van der Waals surface area contributed by atoms with Crippen LogP contribution in [0.15, 0.2) is 46.6 Å². The Morgan fingerprint density at radius 2 is 2.21 bits per heavy atom. The number of amides is 1. The first kappa shape index (κ1) is 21.8. The van der Waals surface area contributed by atoms with Gasteiger partial charge in [0.25, 0.3) is 5.91 Å². The number of aliphatic hydroxyl groups excluding tert-OH is 1. The average molecular weight is 499 g/mol. The minimum Gasteiger partial charge on any atom is -0.488 e. The quantitative estimate of drug-likeness (QED) is 0.451. The van der Waals surface area contributed by atoms with Crippen molar-refractivity contribution in [3.8, 4) is 5.75 Å². The molecule has 6 nitrogen and oxygen atoms in total. The third kappa shape index (κ3) is 5.82. The fourth-order valence-corrected chi connectivity index (χ4v) is 4.59. The summed E-state index contributed by atoms with van der Waals surface area (Å²) in [6, 6.07) is 9.31. The lowest BCUT2D eigenvalue weighted by atomic mass is 10.0. The van der Waals surface area contributed by atoms with E-state index in [-0.39, 0.29) is 11.7 Å². The minimum absolute atomic E-state index is 0.174. The van der Waals surface area contributed by atoms with Crippen LogP contribution in [0.2, 0.25) is 5.02 Å². The van der Waals surface area contributed by atoms with Gasteiger partial charge in [-0.05, 0) is 65.5 Å². The highest BCUT2D eigenvalue weighted by atomic mass is 79.9. The van der Waals surface area contributed by atoms with E-state index in [1.165, 1.54) is 6.33 Å². The Kier molecular flexibility index (Phi) is 7.34. The van der Waals surface area contributed by atoms with Gasteiger partial charge < -0.3 is 20.1 Å². The van der Waals surface area contributed by atoms with Gasteiger partial charge in [0.05, 0.1) is 22.3 Å². The summed E-state index contributed by atoms with van der Waals surface area (Å²) in [4.78, 5) is 16.4. The molecule has 0 saturated heterocycles. The standard InChI is InChI=1S/C20H21BrClN3O3S/c1-12(26)17(25-9-16(20(23)27)24-11-25)6-3-13-2-4-14(22)8-18(13)28-10-15-5-7-19(21)29-15/h2,4-5,7-9,11-12,17,26H,3,6,10H2,1H3,(H2,23,27)/t12-,17+/m0/s1. The van der Waals surface area contributed by atoms with E-state index < -0.39 is 12.0 Å². The van der Waals surface area contributed by atoms with Gasteiger partial charge in [-0.25, -0.2) is 4.98 Å². The SMILES string of the molecule is C[C@H](O)[C@@H](CCc1ccc(Cl)cc1OCc1ccc(Br)s1)n1cnc(C(N)=O)c1. The first-order valence-electron chi connectivity index (χ1n) is 9.00. The number of benzene rings is 1.